The first-order valence-corrected chi connectivity index (χ1v) is 17.7. The lowest BCUT2D eigenvalue weighted by Crippen LogP contribution is -2.50. The molecular weight excluding hydrogens is 629 g/mol. The second-order valence-corrected chi connectivity index (χ2v) is 13.9. The number of benzene rings is 4. The van der Waals surface area contributed by atoms with Crippen molar-refractivity contribution in [2.75, 3.05) is 26.7 Å². The molecule has 1 aliphatic heterocycles. The average Bonchev–Trinajstić information content (AvgIpc) is 3.67. The van der Waals surface area contributed by atoms with Gasteiger partial charge in [0.1, 0.15) is 17.6 Å². The van der Waals surface area contributed by atoms with E-state index in [1.807, 2.05) is 54.6 Å². The van der Waals surface area contributed by atoms with E-state index in [0.717, 1.165) is 35.3 Å². The van der Waals surface area contributed by atoms with Crippen LogP contribution in [0, 0.1) is 5.82 Å². The molecule has 1 fully saturated rings. The molecule has 1 saturated heterocycles. The molecule has 0 saturated carbocycles. The predicted octanol–water partition coefficient (Wildman–Crippen LogP) is 5.55. The lowest BCUT2D eigenvalue weighted by molar-refractivity contribution is -0.141. The van der Waals surface area contributed by atoms with Crippen molar-refractivity contribution in [3.05, 3.63) is 131 Å². The molecule has 1 aliphatic rings. The molecule has 0 spiro atoms. The maximum absolute atomic E-state index is 14.0. The van der Waals surface area contributed by atoms with E-state index in [1.165, 1.54) is 16.4 Å². The van der Waals surface area contributed by atoms with Gasteiger partial charge in [0.25, 0.3) is 0 Å². The van der Waals surface area contributed by atoms with Crippen molar-refractivity contribution in [1.82, 2.24) is 14.5 Å². The molecule has 4 aromatic carbocycles. The fourth-order valence-corrected chi connectivity index (χ4v) is 7.40. The number of amides is 2. The third-order valence-electron chi connectivity index (χ3n) is 8.66. The Kier molecular flexibility index (Phi) is 12.0. The van der Waals surface area contributed by atoms with Crippen LogP contribution in [0.15, 0.2) is 108 Å². The van der Waals surface area contributed by atoms with Gasteiger partial charge in [-0.05, 0) is 84.3 Å². The topological polar surface area (TPSA) is 96.0 Å². The molecule has 8 nitrogen and oxygen atoms in total. The Morgan fingerprint density at radius 2 is 1.42 bits per heavy atom. The minimum absolute atomic E-state index is 0.101. The highest BCUT2D eigenvalue weighted by atomic mass is 32.2. The van der Waals surface area contributed by atoms with Gasteiger partial charge in [-0.3, -0.25) is 9.59 Å². The van der Waals surface area contributed by atoms with Gasteiger partial charge >= 0.3 is 0 Å². The van der Waals surface area contributed by atoms with Crippen molar-refractivity contribution < 1.29 is 27.1 Å². The molecule has 1 N–H and O–H groups in total. The summed E-state index contributed by atoms with van der Waals surface area (Å²) in [6.45, 7) is 1.56. The highest BCUT2D eigenvalue weighted by Gasteiger charge is 2.31. The number of ether oxygens (including phenoxy) is 1. The molecule has 4 aromatic rings. The van der Waals surface area contributed by atoms with E-state index in [0.29, 0.717) is 44.5 Å². The second-order valence-electron chi connectivity index (χ2n) is 12.0. The molecule has 1 heterocycles. The van der Waals surface area contributed by atoms with Crippen molar-refractivity contribution in [2.45, 2.75) is 56.0 Å². The number of rotatable bonds is 15. The number of aryl methyl sites for hydroxylation is 1. The summed E-state index contributed by atoms with van der Waals surface area (Å²) in [6, 6.07) is 29.0. The zero-order valence-electron chi connectivity index (χ0n) is 27.2. The van der Waals surface area contributed by atoms with E-state index in [9.17, 15) is 22.4 Å². The number of hydrogen-bond donors (Lipinski definition) is 1. The Labute approximate surface area is 282 Å². The van der Waals surface area contributed by atoms with E-state index in [1.54, 1.807) is 48.4 Å². The molecule has 0 radical (unpaired) electrons. The quantitative estimate of drug-likeness (QED) is 0.179. The summed E-state index contributed by atoms with van der Waals surface area (Å²) in [6.07, 6.45) is 3.08. The first-order valence-electron chi connectivity index (χ1n) is 16.3. The molecule has 48 heavy (non-hydrogen) atoms. The summed E-state index contributed by atoms with van der Waals surface area (Å²) in [7, 11) is -1.92. The van der Waals surface area contributed by atoms with Gasteiger partial charge in [0.2, 0.25) is 21.8 Å². The van der Waals surface area contributed by atoms with Crippen LogP contribution in [0.4, 0.5) is 4.39 Å². The molecular formula is C38H42FN3O5S. The Bertz CT molecular complexity index is 1740. The number of nitrogens with one attached hydrogen (secondary N) is 1. The molecule has 1 unspecified atom stereocenters. The third-order valence-corrected chi connectivity index (χ3v) is 10.6. The van der Waals surface area contributed by atoms with Gasteiger partial charge in [0, 0.05) is 39.0 Å². The first-order chi connectivity index (χ1) is 23.2. The summed E-state index contributed by atoms with van der Waals surface area (Å²) < 4.78 is 46.5. The summed E-state index contributed by atoms with van der Waals surface area (Å²) in [5.74, 6) is -0.147. The highest BCUT2D eigenvalue weighted by molar-refractivity contribution is 7.89. The van der Waals surface area contributed by atoms with Crippen LogP contribution in [0.3, 0.4) is 0 Å². The monoisotopic (exact) mass is 671 g/mol. The van der Waals surface area contributed by atoms with E-state index >= 15 is 0 Å². The second kappa shape index (κ2) is 16.5. The van der Waals surface area contributed by atoms with Crippen LogP contribution in [0.2, 0.25) is 0 Å². The molecule has 0 aliphatic carbocycles. The Balaban J connectivity index is 1.33. The van der Waals surface area contributed by atoms with Crippen LogP contribution >= 0.6 is 0 Å². The lowest BCUT2D eigenvalue weighted by Gasteiger charge is -2.32. The fraction of sp³-hybridized carbons (Fsp3) is 0.316. The van der Waals surface area contributed by atoms with Crippen LogP contribution in [-0.2, 0) is 45.4 Å². The fourth-order valence-electron chi connectivity index (χ4n) is 5.88. The van der Waals surface area contributed by atoms with Gasteiger partial charge < -0.3 is 15.0 Å². The molecule has 1 atom stereocenters. The highest BCUT2D eigenvalue weighted by Crippen LogP contribution is 2.22. The Hall–Kier alpha value is -4.54. The number of hydrogen-bond acceptors (Lipinski definition) is 5. The van der Waals surface area contributed by atoms with Crippen LogP contribution in [0.1, 0.15) is 41.5 Å². The predicted molar refractivity (Wildman–Crippen MR) is 183 cm³/mol. The van der Waals surface area contributed by atoms with Crippen molar-refractivity contribution >= 4 is 21.8 Å². The maximum Gasteiger partial charge on any atom is 0.243 e. The first kappa shape index (κ1) is 34.8. The van der Waals surface area contributed by atoms with Crippen LogP contribution in [0.5, 0.6) is 5.75 Å². The van der Waals surface area contributed by atoms with Crippen molar-refractivity contribution in [2.24, 2.45) is 0 Å². The number of sulfonamides is 1. The zero-order valence-corrected chi connectivity index (χ0v) is 28.0. The largest absolute Gasteiger partial charge is 0.497 e. The number of halogens is 1. The van der Waals surface area contributed by atoms with Gasteiger partial charge in [-0.1, -0.05) is 66.7 Å². The van der Waals surface area contributed by atoms with Gasteiger partial charge in [0.05, 0.1) is 12.0 Å². The molecule has 0 bridgehead atoms. The van der Waals surface area contributed by atoms with Crippen molar-refractivity contribution in [3.8, 4) is 5.75 Å². The Morgan fingerprint density at radius 3 is 2.06 bits per heavy atom. The SMILES string of the molecule is COc1ccc(CCNC(=O)C(Cc2ccccc2)N(Cc2ccc(F)cc2)C(=O)CCc2ccc(S(=O)(=O)N3CCCC3)cc2)cc1. The molecule has 5 rings (SSSR count). The van der Waals surface area contributed by atoms with Crippen LogP contribution in [-0.4, -0.2) is 62.2 Å². The lowest BCUT2D eigenvalue weighted by atomic mass is 10.0. The Morgan fingerprint density at radius 1 is 0.812 bits per heavy atom. The molecule has 252 valence electrons. The number of methoxy groups -OCH3 is 1. The summed E-state index contributed by atoms with van der Waals surface area (Å²) in [5.41, 5.74) is 3.45. The smallest absolute Gasteiger partial charge is 0.243 e. The van der Waals surface area contributed by atoms with E-state index in [4.69, 9.17) is 4.74 Å². The average molecular weight is 672 g/mol. The standard InChI is InChI=1S/C38H42FN3O5S/c1-47-34-18-11-30(12-19-34)23-24-40-38(44)36(27-31-7-3-2-4-8-31)42(28-32-9-16-33(39)17-10-32)37(43)22-15-29-13-20-35(21-14-29)48(45,46)41-25-5-6-26-41/h2-4,7-14,16-21,36H,5-6,15,22-28H2,1H3,(H,40,44). The van der Waals surface area contributed by atoms with Gasteiger partial charge in [-0.2, -0.15) is 4.31 Å². The van der Waals surface area contributed by atoms with Gasteiger partial charge in [-0.15, -0.1) is 0 Å². The summed E-state index contributed by atoms with van der Waals surface area (Å²) >= 11 is 0. The van der Waals surface area contributed by atoms with Gasteiger partial charge in [0.15, 0.2) is 0 Å². The third kappa shape index (κ3) is 9.29. The van der Waals surface area contributed by atoms with Crippen LogP contribution < -0.4 is 10.1 Å². The van der Waals surface area contributed by atoms with Crippen molar-refractivity contribution in [3.63, 3.8) is 0 Å². The molecule has 2 amide bonds. The van der Waals surface area contributed by atoms with Crippen molar-refractivity contribution in [1.29, 1.82) is 0 Å². The number of carbonyl (C=O) groups excluding carboxylic acids is 2. The maximum atomic E-state index is 14.0. The van der Waals surface area contributed by atoms with Crippen LogP contribution in [0.25, 0.3) is 0 Å². The minimum Gasteiger partial charge on any atom is -0.497 e. The summed E-state index contributed by atoms with van der Waals surface area (Å²) in [5, 5.41) is 3.04. The van der Waals surface area contributed by atoms with Gasteiger partial charge in [-0.25, -0.2) is 12.8 Å². The minimum atomic E-state index is -3.54. The zero-order chi connectivity index (χ0) is 33.9. The molecule has 0 aromatic heterocycles. The van der Waals surface area contributed by atoms with E-state index < -0.39 is 16.1 Å². The van der Waals surface area contributed by atoms with E-state index in [2.05, 4.69) is 5.32 Å². The molecule has 10 heteroatoms. The summed E-state index contributed by atoms with van der Waals surface area (Å²) in [4.78, 5) is 29.8. The van der Waals surface area contributed by atoms with E-state index in [-0.39, 0.29) is 35.5 Å². The normalized spacial score (nSPS) is 14.0. The number of carbonyl (C=O) groups is 2. The number of nitrogens with zero attached hydrogens (tertiary/aromatic N) is 2.